The largest absolute Gasteiger partial charge is 0.465 e. The number of rotatable bonds is 3. The fourth-order valence-corrected chi connectivity index (χ4v) is 2.39. The van der Waals surface area contributed by atoms with Crippen LogP contribution in [0.15, 0.2) is 0 Å². The molecule has 0 aromatic rings. The molecule has 1 N–H and O–H groups in total. The third kappa shape index (κ3) is 2.33. The molecule has 0 aromatic carbocycles. The number of esters is 1. The number of ether oxygens (including phenoxy) is 1. The van der Waals surface area contributed by atoms with Gasteiger partial charge in [0.2, 0.25) is 0 Å². The van der Waals surface area contributed by atoms with Gasteiger partial charge in [0, 0.05) is 6.04 Å². The van der Waals surface area contributed by atoms with Crippen molar-refractivity contribution >= 4 is 5.97 Å². The van der Waals surface area contributed by atoms with E-state index in [9.17, 15) is 4.79 Å². The van der Waals surface area contributed by atoms with E-state index in [1.807, 2.05) is 0 Å². The molecule has 3 nitrogen and oxygen atoms in total. The molecule has 2 aliphatic heterocycles. The first-order valence-electron chi connectivity index (χ1n) is 5.87. The van der Waals surface area contributed by atoms with Crippen molar-refractivity contribution < 1.29 is 9.53 Å². The lowest BCUT2D eigenvalue weighted by Gasteiger charge is -2.32. The summed E-state index contributed by atoms with van der Waals surface area (Å²) >= 11 is 0. The van der Waals surface area contributed by atoms with Crippen LogP contribution in [0.2, 0.25) is 0 Å². The first-order valence-corrected chi connectivity index (χ1v) is 5.87. The Kier molecular flexibility index (Phi) is 2.75. The summed E-state index contributed by atoms with van der Waals surface area (Å²) in [6.07, 6.45) is 2.10. The molecule has 2 heterocycles. The normalized spacial score (nSPS) is 33.7. The second-order valence-corrected chi connectivity index (χ2v) is 6.01. The molecule has 3 rings (SSSR count). The highest BCUT2D eigenvalue weighted by atomic mass is 16.5. The maximum atomic E-state index is 11.7. The second kappa shape index (κ2) is 3.78. The molecule has 2 bridgehead atoms. The number of hydrogen-bond donors (Lipinski definition) is 1. The molecule has 2 saturated heterocycles. The van der Waals surface area contributed by atoms with Crippen LogP contribution in [0.4, 0.5) is 0 Å². The molecular formula is C12H21NO2. The molecule has 3 atom stereocenters. The Morgan fingerprint density at radius 2 is 2.20 bits per heavy atom. The second-order valence-electron chi connectivity index (χ2n) is 6.01. The summed E-state index contributed by atoms with van der Waals surface area (Å²) in [7, 11) is 0. The van der Waals surface area contributed by atoms with Crippen LogP contribution in [-0.4, -0.2) is 25.2 Å². The molecule has 0 amide bonds. The smallest absolute Gasteiger partial charge is 0.310 e. The summed E-state index contributed by atoms with van der Waals surface area (Å²) in [5.41, 5.74) is 0.247. The van der Waals surface area contributed by atoms with E-state index in [1.54, 1.807) is 0 Å². The number of carbonyl (C=O) groups is 1. The molecule has 1 saturated carbocycles. The summed E-state index contributed by atoms with van der Waals surface area (Å²) in [5, 5.41) is 3.33. The van der Waals surface area contributed by atoms with Gasteiger partial charge >= 0.3 is 5.97 Å². The average Bonchev–Trinajstić information content (AvgIpc) is 2.60. The molecule has 3 heteroatoms. The highest BCUT2D eigenvalue weighted by molar-refractivity contribution is 5.75. The van der Waals surface area contributed by atoms with Gasteiger partial charge < -0.3 is 10.1 Å². The quantitative estimate of drug-likeness (QED) is 0.720. The minimum Gasteiger partial charge on any atom is -0.465 e. The molecule has 3 aliphatic rings. The van der Waals surface area contributed by atoms with Gasteiger partial charge in [0.05, 0.1) is 12.5 Å². The van der Waals surface area contributed by atoms with Gasteiger partial charge in [-0.15, -0.1) is 0 Å². The maximum absolute atomic E-state index is 11.7. The zero-order valence-electron chi connectivity index (χ0n) is 9.88. The van der Waals surface area contributed by atoms with E-state index in [0.29, 0.717) is 18.6 Å². The van der Waals surface area contributed by atoms with Crippen LogP contribution < -0.4 is 5.32 Å². The van der Waals surface area contributed by atoms with Gasteiger partial charge in [-0.3, -0.25) is 4.79 Å². The first-order chi connectivity index (χ1) is 6.97. The summed E-state index contributed by atoms with van der Waals surface area (Å²) in [6.45, 7) is 8.06. The fraction of sp³-hybridized carbons (Fsp3) is 0.917. The van der Waals surface area contributed by atoms with E-state index in [4.69, 9.17) is 4.74 Å². The van der Waals surface area contributed by atoms with Crippen molar-refractivity contribution in [1.29, 1.82) is 0 Å². The van der Waals surface area contributed by atoms with E-state index in [1.165, 1.54) is 6.42 Å². The van der Waals surface area contributed by atoms with Gasteiger partial charge in [-0.2, -0.15) is 0 Å². The summed E-state index contributed by atoms with van der Waals surface area (Å²) in [4.78, 5) is 11.7. The first kappa shape index (κ1) is 10.9. The maximum Gasteiger partial charge on any atom is 0.310 e. The van der Waals surface area contributed by atoms with Gasteiger partial charge in [0.15, 0.2) is 0 Å². The lowest BCUT2D eigenvalue weighted by molar-refractivity contribution is -0.154. The van der Waals surface area contributed by atoms with Crippen LogP contribution in [-0.2, 0) is 9.53 Å². The lowest BCUT2D eigenvalue weighted by atomic mass is 9.74. The van der Waals surface area contributed by atoms with E-state index >= 15 is 0 Å². The predicted molar refractivity (Wildman–Crippen MR) is 58.4 cm³/mol. The van der Waals surface area contributed by atoms with Crippen molar-refractivity contribution in [2.24, 2.45) is 17.3 Å². The zero-order chi connectivity index (χ0) is 11.1. The predicted octanol–water partition coefficient (Wildman–Crippen LogP) is 1.57. The minimum absolute atomic E-state index is 0.0190. The Hall–Kier alpha value is -0.570. The molecule has 3 unspecified atom stereocenters. The molecule has 0 radical (unpaired) electrons. The van der Waals surface area contributed by atoms with E-state index < -0.39 is 0 Å². The molecule has 1 aliphatic carbocycles. The van der Waals surface area contributed by atoms with Crippen molar-refractivity contribution in [3.8, 4) is 0 Å². The van der Waals surface area contributed by atoms with Crippen molar-refractivity contribution in [2.75, 3.05) is 13.2 Å². The van der Waals surface area contributed by atoms with Crippen LogP contribution in [0.3, 0.4) is 0 Å². The minimum atomic E-state index is 0.0190. The fourth-order valence-electron chi connectivity index (χ4n) is 2.39. The summed E-state index contributed by atoms with van der Waals surface area (Å²) < 4.78 is 5.32. The lowest BCUT2D eigenvalue weighted by Crippen LogP contribution is -2.43. The van der Waals surface area contributed by atoms with Crippen molar-refractivity contribution in [3.63, 3.8) is 0 Å². The Morgan fingerprint density at radius 3 is 2.67 bits per heavy atom. The van der Waals surface area contributed by atoms with Gasteiger partial charge in [-0.25, -0.2) is 0 Å². The number of hydrogen-bond acceptors (Lipinski definition) is 3. The van der Waals surface area contributed by atoms with Crippen LogP contribution in [0, 0.1) is 17.3 Å². The molecule has 0 spiro atoms. The van der Waals surface area contributed by atoms with Crippen molar-refractivity contribution in [3.05, 3.63) is 0 Å². The zero-order valence-corrected chi connectivity index (χ0v) is 9.88. The molecule has 86 valence electrons. The molecule has 0 aromatic heterocycles. The van der Waals surface area contributed by atoms with Crippen LogP contribution in [0.25, 0.3) is 0 Å². The topological polar surface area (TPSA) is 38.3 Å². The van der Waals surface area contributed by atoms with Crippen molar-refractivity contribution in [1.82, 2.24) is 5.32 Å². The monoisotopic (exact) mass is 211 g/mol. The van der Waals surface area contributed by atoms with Gasteiger partial charge in [-0.05, 0) is 30.7 Å². The molecule has 3 fully saturated rings. The van der Waals surface area contributed by atoms with Crippen LogP contribution in [0.1, 0.15) is 33.6 Å². The van der Waals surface area contributed by atoms with Crippen LogP contribution in [0.5, 0.6) is 0 Å². The Labute approximate surface area is 91.6 Å². The number of fused-ring (bicyclic) bond motifs is 1. The van der Waals surface area contributed by atoms with Gasteiger partial charge in [0.25, 0.3) is 0 Å². The van der Waals surface area contributed by atoms with Crippen molar-refractivity contribution in [2.45, 2.75) is 39.7 Å². The van der Waals surface area contributed by atoms with Gasteiger partial charge in [-0.1, -0.05) is 20.8 Å². The summed E-state index contributed by atoms with van der Waals surface area (Å²) in [5.74, 6) is 0.729. The van der Waals surface area contributed by atoms with Crippen LogP contribution >= 0.6 is 0 Å². The Morgan fingerprint density at radius 1 is 1.47 bits per heavy atom. The third-order valence-corrected chi connectivity index (χ3v) is 3.51. The SMILES string of the molecule is CC(C)(C)CCOC(=O)C1C2CNC1C2. The van der Waals surface area contributed by atoms with E-state index in [2.05, 4.69) is 26.1 Å². The Bertz CT molecular complexity index is 243. The van der Waals surface area contributed by atoms with E-state index in [0.717, 1.165) is 13.0 Å². The average molecular weight is 211 g/mol. The highest BCUT2D eigenvalue weighted by Crippen LogP contribution is 2.40. The Balaban J connectivity index is 1.70. The molecule has 15 heavy (non-hydrogen) atoms. The van der Waals surface area contributed by atoms with E-state index in [-0.39, 0.29) is 17.3 Å². The number of carbonyl (C=O) groups excluding carboxylic acids is 1. The number of nitrogens with one attached hydrogen (secondary N) is 1. The highest BCUT2D eigenvalue weighted by Gasteiger charge is 2.51. The summed E-state index contributed by atoms with van der Waals surface area (Å²) in [6, 6.07) is 0.414. The standard InChI is InChI=1S/C12H21NO2/c1-12(2,3)4-5-15-11(14)10-8-6-9(10)13-7-8/h8-10,13H,4-7H2,1-3H3. The van der Waals surface area contributed by atoms with Gasteiger partial charge in [0.1, 0.15) is 0 Å². The third-order valence-electron chi connectivity index (χ3n) is 3.51. The molecular weight excluding hydrogens is 190 g/mol.